The van der Waals surface area contributed by atoms with Crippen molar-refractivity contribution in [1.29, 1.82) is 0 Å². The van der Waals surface area contributed by atoms with Crippen LogP contribution in [0.15, 0.2) is 55.1 Å². The summed E-state index contributed by atoms with van der Waals surface area (Å²) in [6.07, 6.45) is 3.23. The molecule has 4 rings (SSSR count). The molecule has 0 fully saturated rings. The second-order valence-electron chi connectivity index (χ2n) is 4.90. The average molecular weight is 311 g/mol. The van der Waals surface area contributed by atoms with E-state index in [1.165, 1.54) is 6.33 Å². The Hall–Kier alpha value is -2.73. The van der Waals surface area contributed by atoms with Gasteiger partial charge in [0.05, 0.1) is 0 Å². The zero-order valence-electron chi connectivity index (χ0n) is 11.4. The lowest BCUT2D eigenvalue weighted by Crippen LogP contribution is -2.12. The van der Waals surface area contributed by atoms with Crippen molar-refractivity contribution in [3.05, 3.63) is 71.3 Å². The molecule has 108 valence electrons. The van der Waals surface area contributed by atoms with Gasteiger partial charge in [-0.2, -0.15) is 20.5 Å². The normalized spacial score (nSPS) is 12.6. The van der Waals surface area contributed by atoms with Crippen LogP contribution in [0.5, 0.6) is 0 Å². The largest absolute Gasteiger partial charge is 0.241 e. The molecule has 0 aliphatic heterocycles. The topological polar surface area (TPSA) is 72.3 Å². The van der Waals surface area contributed by atoms with E-state index in [9.17, 15) is 0 Å². The van der Waals surface area contributed by atoms with Crippen LogP contribution in [0, 0.1) is 0 Å². The Balaban J connectivity index is 1.87. The molecule has 2 aromatic heterocycles. The number of H-pyrrole nitrogens is 1. The molecule has 0 amide bonds. The van der Waals surface area contributed by atoms with E-state index in [1.807, 2.05) is 47.1 Å². The third-order valence-corrected chi connectivity index (χ3v) is 3.79. The van der Waals surface area contributed by atoms with E-state index in [4.69, 9.17) is 11.6 Å². The van der Waals surface area contributed by atoms with Gasteiger partial charge in [0.25, 0.3) is 0 Å². The maximum atomic E-state index is 5.99. The molecule has 1 atom stereocenters. The molecule has 0 unspecified atom stereocenters. The fraction of sp³-hybridized carbons (Fsp3) is 0.0667. The van der Waals surface area contributed by atoms with Crippen LogP contribution in [0.2, 0.25) is 5.02 Å². The Morgan fingerprint density at radius 2 is 1.73 bits per heavy atom. The Bertz CT molecular complexity index is 897. The molecule has 0 radical (unpaired) electrons. The molecule has 1 N–H and O–H groups in total. The van der Waals surface area contributed by atoms with Crippen LogP contribution in [0.3, 0.4) is 0 Å². The quantitative estimate of drug-likeness (QED) is 0.631. The number of aromatic amines is 1. The number of nitrogens with zero attached hydrogens (tertiary/aromatic N) is 5. The molecule has 0 aliphatic rings. The lowest BCUT2D eigenvalue weighted by atomic mass is 9.98. The Morgan fingerprint density at radius 3 is 2.50 bits per heavy atom. The van der Waals surface area contributed by atoms with Gasteiger partial charge in [-0.15, -0.1) is 0 Å². The molecule has 0 spiro atoms. The van der Waals surface area contributed by atoms with Crippen LogP contribution in [0.4, 0.5) is 0 Å². The van der Waals surface area contributed by atoms with Gasteiger partial charge in [-0.1, -0.05) is 29.8 Å². The summed E-state index contributed by atoms with van der Waals surface area (Å²) in [7, 11) is 0. The van der Waals surface area contributed by atoms with Gasteiger partial charge in [0, 0.05) is 5.02 Å². The summed E-state index contributed by atoms with van der Waals surface area (Å²) >= 11 is 5.99. The third-order valence-electron chi connectivity index (χ3n) is 3.54. The highest BCUT2D eigenvalue weighted by atomic mass is 35.5. The van der Waals surface area contributed by atoms with E-state index in [1.54, 1.807) is 6.33 Å². The molecule has 6 nitrogen and oxygen atoms in total. The molecular formula is C15H11ClN6. The molecule has 2 aromatic carbocycles. The van der Waals surface area contributed by atoms with Crippen LogP contribution in [-0.4, -0.2) is 30.2 Å². The minimum absolute atomic E-state index is 0.0964. The summed E-state index contributed by atoms with van der Waals surface area (Å²) in [5.41, 5.74) is 3.76. The highest BCUT2D eigenvalue weighted by Crippen LogP contribution is 2.28. The maximum Gasteiger partial charge on any atom is 0.137 e. The van der Waals surface area contributed by atoms with Crippen LogP contribution in [-0.2, 0) is 0 Å². The van der Waals surface area contributed by atoms with Crippen molar-refractivity contribution < 1.29 is 0 Å². The van der Waals surface area contributed by atoms with Crippen LogP contribution in [0.1, 0.15) is 17.2 Å². The molecule has 0 saturated carbocycles. The molecule has 2 heterocycles. The maximum absolute atomic E-state index is 5.99. The van der Waals surface area contributed by atoms with Crippen molar-refractivity contribution >= 4 is 22.6 Å². The minimum Gasteiger partial charge on any atom is -0.241 e. The predicted octanol–water partition coefficient (Wildman–Crippen LogP) is 2.84. The van der Waals surface area contributed by atoms with Gasteiger partial charge < -0.3 is 0 Å². The molecule has 7 heteroatoms. The molecular weight excluding hydrogens is 300 g/mol. The van der Waals surface area contributed by atoms with Crippen LogP contribution >= 0.6 is 11.6 Å². The summed E-state index contributed by atoms with van der Waals surface area (Å²) in [5, 5.41) is 15.8. The lowest BCUT2D eigenvalue weighted by molar-refractivity contribution is 0.594. The van der Waals surface area contributed by atoms with Crippen molar-refractivity contribution in [1.82, 2.24) is 30.2 Å². The van der Waals surface area contributed by atoms with Gasteiger partial charge in [-0.05, 0) is 35.4 Å². The first-order valence-electron chi connectivity index (χ1n) is 6.71. The number of nitrogens with one attached hydrogen (secondary N) is 1. The monoisotopic (exact) mass is 310 g/mol. The Morgan fingerprint density at radius 1 is 0.955 bits per heavy atom. The second kappa shape index (κ2) is 5.23. The summed E-state index contributed by atoms with van der Waals surface area (Å²) in [6, 6.07) is 13.6. The molecule has 0 bridgehead atoms. The zero-order valence-corrected chi connectivity index (χ0v) is 12.1. The highest BCUT2D eigenvalue weighted by Gasteiger charge is 2.18. The van der Waals surface area contributed by atoms with Gasteiger partial charge in [0.2, 0.25) is 0 Å². The smallest absolute Gasteiger partial charge is 0.137 e. The van der Waals surface area contributed by atoms with Gasteiger partial charge in [0.1, 0.15) is 29.7 Å². The molecule has 0 saturated heterocycles. The lowest BCUT2D eigenvalue weighted by Gasteiger charge is -2.18. The second-order valence-corrected chi connectivity index (χ2v) is 5.34. The fourth-order valence-corrected chi connectivity index (χ4v) is 2.65. The number of benzene rings is 2. The zero-order chi connectivity index (χ0) is 14.9. The Kier molecular flexibility index (Phi) is 3.08. The average Bonchev–Trinajstić information content (AvgIpc) is 3.20. The summed E-state index contributed by atoms with van der Waals surface area (Å²) < 4.78 is 1.81. The van der Waals surface area contributed by atoms with E-state index in [2.05, 4.69) is 25.5 Å². The van der Waals surface area contributed by atoms with Crippen molar-refractivity contribution in [2.24, 2.45) is 0 Å². The first kappa shape index (κ1) is 13.0. The van der Waals surface area contributed by atoms with Crippen molar-refractivity contribution in [3.8, 4) is 0 Å². The van der Waals surface area contributed by atoms with Gasteiger partial charge >= 0.3 is 0 Å². The Labute approximate surface area is 130 Å². The van der Waals surface area contributed by atoms with E-state index in [0.29, 0.717) is 5.02 Å². The predicted molar refractivity (Wildman–Crippen MR) is 82.6 cm³/mol. The first-order chi connectivity index (χ1) is 10.8. The van der Waals surface area contributed by atoms with Crippen molar-refractivity contribution in [3.63, 3.8) is 0 Å². The van der Waals surface area contributed by atoms with Crippen LogP contribution in [0.25, 0.3) is 11.0 Å². The summed E-state index contributed by atoms with van der Waals surface area (Å²) in [5.74, 6) is 0. The molecule has 4 aromatic rings. The number of halogens is 1. The van der Waals surface area contributed by atoms with E-state index < -0.39 is 0 Å². The first-order valence-corrected chi connectivity index (χ1v) is 7.09. The standard InChI is InChI=1S/C15H11ClN6/c16-12-4-1-10(2-5-12)15(22-9-17-8-18-22)11-3-6-13-14(7-11)20-21-19-13/h1-9,15H,(H,19,20,21)/t15-/m0/s1. The van der Waals surface area contributed by atoms with Crippen LogP contribution < -0.4 is 0 Å². The fourth-order valence-electron chi connectivity index (χ4n) is 2.52. The van der Waals surface area contributed by atoms with Gasteiger partial charge in [-0.25, -0.2) is 9.67 Å². The number of fused-ring (bicyclic) bond motifs is 1. The summed E-state index contributed by atoms with van der Waals surface area (Å²) in [6.45, 7) is 0. The number of hydrogen-bond donors (Lipinski definition) is 1. The van der Waals surface area contributed by atoms with E-state index >= 15 is 0 Å². The van der Waals surface area contributed by atoms with Gasteiger partial charge in [0.15, 0.2) is 0 Å². The van der Waals surface area contributed by atoms with Gasteiger partial charge in [-0.3, -0.25) is 0 Å². The highest BCUT2D eigenvalue weighted by molar-refractivity contribution is 6.30. The summed E-state index contributed by atoms with van der Waals surface area (Å²) in [4.78, 5) is 4.06. The molecule has 0 aliphatic carbocycles. The van der Waals surface area contributed by atoms with E-state index in [-0.39, 0.29) is 6.04 Å². The van der Waals surface area contributed by atoms with E-state index in [0.717, 1.165) is 22.2 Å². The van der Waals surface area contributed by atoms with Crippen molar-refractivity contribution in [2.45, 2.75) is 6.04 Å². The van der Waals surface area contributed by atoms with Crippen molar-refractivity contribution in [2.75, 3.05) is 0 Å². The SMILES string of the molecule is Clc1ccc([C@@H](c2ccc3n[nH]nc3c2)n2cncn2)cc1. The number of hydrogen-bond acceptors (Lipinski definition) is 4. The molecule has 22 heavy (non-hydrogen) atoms. The number of rotatable bonds is 3. The number of aromatic nitrogens is 6. The third kappa shape index (κ3) is 2.23. The minimum atomic E-state index is -0.0964.